The summed E-state index contributed by atoms with van der Waals surface area (Å²) in [6, 6.07) is 34.5. The Hall–Kier alpha value is -3.52. The minimum Gasteiger partial charge on any atom is -0.337 e. The van der Waals surface area contributed by atoms with Gasteiger partial charge in [-0.05, 0) is 62.1 Å². The molecule has 4 aromatic carbocycles. The number of fused-ring (bicyclic) bond motifs is 6. The van der Waals surface area contributed by atoms with Crippen molar-refractivity contribution in [1.29, 1.82) is 0 Å². The molecule has 2 atom stereocenters. The second kappa shape index (κ2) is 8.85. The van der Waals surface area contributed by atoms with Gasteiger partial charge in [0.1, 0.15) is 0 Å². The number of aromatic nitrogens is 2. The Kier molecular flexibility index (Phi) is 5.63. The monoisotopic (exact) mass is 472 g/mol. The van der Waals surface area contributed by atoms with Crippen molar-refractivity contribution < 1.29 is 0 Å². The van der Waals surface area contributed by atoms with Gasteiger partial charge in [-0.15, -0.1) is 0 Å². The van der Waals surface area contributed by atoms with Crippen molar-refractivity contribution >= 4 is 43.6 Å². The lowest BCUT2D eigenvalue weighted by molar-refractivity contribution is 0.403. The van der Waals surface area contributed by atoms with Crippen molar-refractivity contribution in [3.8, 4) is 0 Å². The maximum Gasteiger partial charge on any atom is 0.0672 e. The van der Waals surface area contributed by atoms with Crippen LogP contribution >= 0.6 is 0 Å². The lowest BCUT2D eigenvalue weighted by atomic mass is 9.87. The average Bonchev–Trinajstić information content (AvgIpc) is 3.44. The molecule has 2 nitrogen and oxygen atoms in total. The van der Waals surface area contributed by atoms with Crippen molar-refractivity contribution in [3.05, 3.63) is 96.6 Å². The lowest BCUT2D eigenvalue weighted by Crippen LogP contribution is -2.30. The second-order valence-electron chi connectivity index (χ2n) is 10.5. The van der Waals surface area contributed by atoms with Crippen LogP contribution in [0.5, 0.6) is 0 Å². The molecule has 0 radical (unpaired) electrons. The summed E-state index contributed by atoms with van der Waals surface area (Å²) in [4.78, 5) is 0. The van der Waals surface area contributed by atoms with E-state index in [2.05, 4.69) is 128 Å². The van der Waals surface area contributed by atoms with Gasteiger partial charge in [0, 0.05) is 49.7 Å². The Balaban J connectivity index is 1.64. The molecule has 0 amide bonds. The lowest BCUT2D eigenvalue weighted by Gasteiger charge is -2.33. The Morgan fingerprint density at radius 1 is 0.639 bits per heavy atom. The third kappa shape index (κ3) is 3.24. The topological polar surface area (TPSA) is 9.86 Å². The van der Waals surface area contributed by atoms with Crippen molar-refractivity contribution in [2.75, 3.05) is 0 Å². The molecule has 36 heavy (non-hydrogen) atoms. The van der Waals surface area contributed by atoms with E-state index in [0.717, 1.165) is 12.8 Å². The average molecular weight is 473 g/mol. The summed E-state index contributed by atoms with van der Waals surface area (Å²) in [5.41, 5.74) is 6.53. The zero-order valence-corrected chi connectivity index (χ0v) is 22.0. The van der Waals surface area contributed by atoms with Gasteiger partial charge in [0.25, 0.3) is 0 Å². The molecular formula is C34H36N2. The van der Waals surface area contributed by atoms with Crippen LogP contribution in [-0.2, 0) is 5.54 Å². The highest BCUT2D eigenvalue weighted by Gasteiger charge is 2.31. The van der Waals surface area contributed by atoms with Crippen molar-refractivity contribution in [1.82, 2.24) is 9.13 Å². The van der Waals surface area contributed by atoms with Gasteiger partial charge >= 0.3 is 0 Å². The Morgan fingerprint density at radius 3 is 1.72 bits per heavy atom. The Morgan fingerprint density at radius 2 is 1.17 bits per heavy atom. The van der Waals surface area contributed by atoms with Gasteiger partial charge < -0.3 is 9.13 Å². The molecule has 6 rings (SSSR count). The largest absolute Gasteiger partial charge is 0.337 e. The zero-order valence-electron chi connectivity index (χ0n) is 22.0. The predicted molar refractivity (Wildman–Crippen MR) is 156 cm³/mol. The third-order valence-electron chi connectivity index (χ3n) is 8.55. The Bertz CT molecular complexity index is 1650. The smallest absolute Gasteiger partial charge is 0.0672 e. The minimum absolute atomic E-state index is 0.173. The maximum absolute atomic E-state index is 2.61. The summed E-state index contributed by atoms with van der Waals surface area (Å²) < 4.78 is 5.20. The van der Waals surface area contributed by atoms with Crippen LogP contribution in [0.3, 0.4) is 0 Å². The van der Waals surface area contributed by atoms with Gasteiger partial charge in [-0.1, -0.05) is 87.9 Å². The zero-order chi connectivity index (χ0) is 24.9. The molecule has 0 spiro atoms. The van der Waals surface area contributed by atoms with Crippen LogP contribution in [0, 0.1) is 0 Å². The first-order valence-electron chi connectivity index (χ1n) is 13.6. The van der Waals surface area contributed by atoms with Crippen LogP contribution in [0.2, 0.25) is 0 Å². The minimum atomic E-state index is -0.173. The van der Waals surface area contributed by atoms with Gasteiger partial charge in [-0.25, -0.2) is 0 Å². The van der Waals surface area contributed by atoms with Crippen LogP contribution in [0.15, 0.2) is 91.0 Å². The molecule has 0 aliphatic carbocycles. The quantitative estimate of drug-likeness (QED) is 0.219. The summed E-state index contributed by atoms with van der Waals surface area (Å²) in [5, 5.41) is 5.40. The molecule has 2 unspecified atom stereocenters. The number of hydrogen-bond donors (Lipinski definition) is 0. The predicted octanol–water partition coefficient (Wildman–Crippen LogP) is 9.83. The van der Waals surface area contributed by atoms with Gasteiger partial charge in [0.05, 0.1) is 5.54 Å². The first kappa shape index (κ1) is 22.9. The number of rotatable bonds is 7. The summed E-state index contributed by atoms with van der Waals surface area (Å²) in [6.45, 7) is 9.36. The van der Waals surface area contributed by atoms with E-state index < -0.39 is 0 Å². The molecule has 182 valence electrons. The van der Waals surface area contributed by atoms with E-state index in [9.17, 15) is 0 Å². The van der Waals surface area contributed by atoms with Crippen LogP contribution in [0.25, 0.3) is 43.6 Å². The van der Waals surface area contributed by atoms with Gasteiger partial charge in [-0.3, -0.25) is 0 Å². The van der Waals surface area contributed by atoms with E-state index in [1.807, 2.05) is 0 Å². The van der Waals surface area contributed by atoms with Crippen LogP contribution in [0.1, 0.15) is 65.0 Å². The summed E-state index contributed by atoms with van der Waals surface area (Å²) in [5.74, 6) is 0. The number of hydrogen-bond acceptors (Lipinski definition) is 0. The Labute approximate surface area is 214 Å². The van der Waals surface area contributed by atoms with Crippen LogP contribution in [-0.4, -0.2) is 9.13 Å². The fourth-order valence-corrected chi connectivity index (χ4v) is 6.53. The van der Waals surface area contributed by atoms with E-state index in [0.29, 0.717) is 6.04 Å². The highest BCUT2D eigenvalue weighted by Crippen LogP contribution is 2.42. The highest BCUT2D eigenvalue weighted by molar-refractivity contribution is 6.09. The summed E-state index contributed by atoms with van der Waals surface area (Å²) >= 11 is 0. The molecule has 0 saturated heterocycles. The van der Waals surface area contributed by atoms with Gasteiger partial charge in [0.2, 0.25) is 0 Å². The van der Waals surface area contributed by atoms with E-state index in [1.54, 1.807) is 0 Å². The highest BCUT2D eigenvalue weighted by atomic mass is 15.1. The molecule has 0 N–H and O–H groups in total. The van der Waals surface area contributed by atoms with E-state index in [4.69, 9.17) is 0 Å². The maximum atomic E-state index is 2.61. The standard InChI is InChI=1S/C34H36N2/c1-5-14-25(6-2)35-30-18-11-8-17-28(30)29-23-24(21-22-31(29)35)34(4,7-3)36-32-19-12-9-15-26(32)27-16-10-13-20-33(27)36/h8-13,15-23,25H,5-7,14H2,1-4H3. The number of benzene rings is 4. The fourth-order valence-electron chi connectivity index (χ4n) is 6.53. The first-order chi connectivity index (χ1) is 17.6. The molecule has 0 fully saturated rings. The van der Waals surface area contributed by atoms with Crippen LogP contribution in [0.4, 0.5) is 0 Å². The number of para-hydroxylation sites is 3. The van der Waals surface area contributed by atoms with E-state index >= 15 is 0 Å². The van der Waals surface area contributed by atoms with Crippen LogP contribution < -0.4 is 0 Å². The summed E-state index contributed by atoms with van der Waals surface area (Å²) in [7, 11) is 0. The molecule has 2 aromatic heterocycles. The molecule has 0 saturated carbocycles. The van der Waals surface area contributed by atoms with Gasteiger partial charge in [-0.2, -0.15) is 0 Å². The molecule has 0 aliphatic rings. The van der Waals surface area contributed by atoms with E-state index in [-0.39, 0.29) is 5.54 Å². The molecule has 0 aliphatic heterocycles. The molecule has 0 bridgehead atoms. The van der Waals surface area contributed by atoms with Gasteiger partial charge in [0.15, 0.2) is 0 Å². The SMILES string of the molecule is CCCC(CC)n1c2ccccc2c2cc(C(C)(CC)n3c4ccccc4c4ccccc43)ccc21. The summed E-state index contributed by atoms with van der Waals surface area (Å²) in [6.07, 6.45) is 4.57. The molecule has 2 heterocycles. The van der Waals surface area contributed by atoms with Crippen molar-refractivity contribution in [3.63, 3.8) is 0 Å². The first-order valence-corrected chi connectivity index (χ1v) is 13.6. The normalized spacial score (nSPS) is 14.7. The van der Waals surface area contributed by atoms with E-state index in [1.165, 1.54) is 62.0 Å². The molecular weight excluding hydrogens is 436 g/mol. The third-order valence-corrected chi connectivity index (χ3v) is 8.55. The molecule has 6 aromatic rings. The molecule has 2 heteroatoms. The second-order valence-corrected chi connectivity index (χ2v) is 10.5. The fraction of sp³-hybridized carbons (Fsp3) is 0.294. The number of nitrogens with zero attached hydrogens (tertiary/aromatic N) is 2. The van der Waals surface area contributed by atoms with Crippen molar-refractivity contribution in [2.45, 2.75) is 65.0 Å². The van der Waals surface area contributed by atoms with Crippen molar-refractivity contribution in [2.24, 2.45) is 0 Å².